The molecule has 1 aromatic heterocycles. The number of fused-ring (bicyclic) bond motifs is 1. The van der Waals surface area contributed by atoms with Crippen molar-refractivity contribution in [2.24, 2.45) is 4.99 Å². The molecule has 14 heavy (non-hydrogen) atoms. The third-order valence-electron chi connectivity index (χ3n) is 1.91. The van der Waals surface area contributed by atoms with Crippen molar-refractivity contribution in [3.63, 3.8) is 0 Å². The van der Waals surface area contributed by atoms with Crippen molar-refractivity contribution in [2.75, 3.05) is 13.7 Å². The van der Waals surface area contributed by atoms with E-state index in [1.54, 1.807) is 4.57 Å². The van der Waals surface area contributed by atoms with Gasteiger partial charge in [0.25, 0.3) is 5.56 Å². The molecule has 2 heterocycles. The smallest absolute Gasteiger partial charge is 0.332 e. The third-order valence-corrected chi connectivity index (χ3v) is 2.95. The summed E-state index contributed by atoms with van der Waals surface area (Å²) in [5.41, 5.74) is -0.156. The number of methoxy groups -OCH3 is 1. The Labute approximate surface area is 83.0 Å². The van der Waals surface area contributed by atoms with Crippen LogP contribution in [0.15, 0.2) is 9.79 Å². The second-order valence-electron chi connectivity index (χ2n) is 2.75. The Bertz CT molecular complexity index is 540. The molecule has 0 radical (unpaired) electrons. The Morgan fingerprint density at radius 2 is 2.50 bits per heavy atom. The maximum absolute atomic E-state index is 11.6. The topological polar surface area (TPSA) is 60.7 Å². The van der Waals surface area contributed by atoms with Gasteiger partial charge in [-0.25, -0.2) is 4.79 Å². The van der Waals surface area contributed by atoms with Gasteiger partial charge in [-0.05, 0) is 0 Å². The van der Waals surface area contributed by atoms with Crippen molar-refractivity contribution in [3.05, 3.63) is 19.7 Å². The van der Waals surface area contributed by atoms with E-state index in [1.165, 1.54) is 24.5 Å². The van der Waals surface area contributed by atoms with Gasteiger partial charge in [-0.1, -0.05) is 11.3 Å². The van der Waals surface area contributed by atoms with Crippen molar-refractivity contribution in [2.45, 2.75) is 6.54 Å². The highest BCUT2D eigenvalue weighted by atomic mass is 32.1. The molecule has 0 N–H and O–H groups in total. The van der Waals surface area contributed by atoms with Gasteiger partial charge in [-0.2, -0.15) is 0 Å². The van der Waals surface area contributed by atoms with Crippen LogP contribution in [0.5, 0.6) is 0 Å². The molecule has 0 bridgehead atoms. The first kappa shape index (κ1) is 9.14. The van der Waals surface area contributed by atoms with Gasteiger partial charge >= 0.3 is 5.97 Å². The van der Waals surface area contributed by atoms with Gasteiger partial charge < -0.3 is 4.74 Å². The molecule has 74 valence electrons. The largest absolute Gasteiger partial charge is 0.466 e. The summed E-state index contributed by atoms with van der Waals surface area (Å²) in [6.45, 7) is 1.26. The molecular weight excluding hydrogens is 204 g/mol. The van der Waals surface area contributed by atoms with Gasteiger partial charge in [0.15, 0.2) is 4.80 Å². The van der Waals surface area contributed by atoms with Crippen LogP contribution in [0.2, 0.25) is 0 Å². The Balaban J connectivity index is 2.62. The number of ether oxygens (including phenoxy) is 1. The average Bonchev–Trinajstić information content (AvgIpc) is 2.72. The zero-order chi connectivity index (χ0) is 10.1. The SMILES string of the molecule is COC(=O)/C=c1\sc2n(c1=O)CCN=2. The first-order chi connectivity index (χ1) is 6.72. The van der Waals surface area contributed by atoms with Crippen LogP contribution in [-0.2, 0) is 16.1 Å². The van der Waals surface area contributed by atoms with Crippen LogP contribution in [0.4, 0.5) is 0 Å². The molecule has 0 amide bonds. The molecule has 0 atom stereocenters. The van der Waals surface area contributed by atoms with Crippen LogP contribution in [0.3, 0.4) is 0 Å². The number of carbonyl (C=O) groups is 1. The van der Waals surface area contributed by atoms with Crippen molar-refractivity contribution in [1.29, 1.82) is 0 Å². The summed E-state index contributed by atoms with van der Waals surface area (Å²) in [4.78, 5) is 27.3. The van der Waals surface area contributed by atoms with E-state index in [0.717, 1.165) is 0 Å². The minimum atomic E-state index is -0.511. The molecule has 0 aliphatic carbocycles. The molecule has 2 rings (SSSR count). The lowest BCUT2D eigenvalue weighted by Crippen LogP contribution is -2.30. The Kier molecular flexibility index (Phi) is 2.20. The van der Waals surface area contributed by atoms with Crippen LogP contribution in [-0.4, -0.2) is 24.2 Å². The Morgan fingerprint density at radius 1 is 1.71 bits per heavy atom. The van der Waals surface area contributed by atoms with E-state index in [9.17, 15) is 9.59 Å². The first-order valence-corrected chi connectivity index (χ1v) is 4.88. The number of aromatic nitrogens is 1. The Morgan fingerprint density at radius 3 is 3.14 bits per heavy atom. The molecule has 0 fully saturated rings. The number of carbonyl (C=O) groups excluding carboxylic acids is 1. The summed E-state index contributed by atoms with van der Waals surface area (Å²) in [5, 5.41) is 0. The van der Waals surface area contributed by atoms with Crippen molar-refractivity contribution in [1.82, 2.24) is 4.57 Å². The van der Waals surface area contributed by atoms with E-state index in [1.807, 2.05) is 0 Å². The highest BCUT2D eigenvalue weighted by Gasteiger charge is 2.10. The Hall–Kier alpha value is -1.43. The summed E-state index contributed by atoms with van der Waals surface area (Å²) in [6, 6.07) is 0. The second kappa shape index (κ2) is 3.38. The molecule has 1 aliphatic rings. The molecular formula is C8H8N2O3S. The maximum atomic E-state index is 11.6. The third kappa shape index (κ3) is 1.37. The van der Waals surface area contributed by atoms with E-state index in [4.69, 9.17) is 0 Å². The van der Waals surface area contributed by atoms with Crippen LogP contribution in [0.25, 0.3) is 6.08 Å². The number of esters is 1. The molecule has 0 unspecified atom stereocenters. The monoisotopic (exact) mass is 212 g/mol. The van der Waals surface area contributed by atoms with Crippen LogP contribution in [0, 0.1) is 0 Å². The summed E-state index contributed by atoms with van der Waals surface area (Å²) in [6.07, 6.45) is 1.20. The lowest BCUT2D eigenvalue weighted by atomic mass is 10.5. The van der Waals surface area contributed by atoms with E-state index < -0.39 is 5.97 Å². The summed E-state index contributed by atoms with van der Waals surface area (Å²) in [7, 11) is 1.28. The number of rotatable bonds is 1. The lowest BCUT2D eigenvalue weighted by molar-refractivity contribution is -0.133. The second-order valence-corrected chi connectivity index (χ2v) is 3.76. The molecule has 1 aromatic rings. The summed E-state index contributed by atoms with van der Waals surface area (Å²) in [5.74, 6) is -0.511. The van der Waals surface area contributed by atoms with Crippen LogP contribution in [0.1, 0.15) is 0 Å². The van der Waals surface area contributed by atoms with E-state index in [2.05, 4.69) is 9.73 Å². The molecule has 0 spiro atoms. The minimum Gasteiger partial charge on any atom is -0.466 e. The fraction of sp³-hybridized carbons (Fsp3) is 0.375. The molecule has 0 saturated carbocycles. The summed E-state index contributed by atoms with van der Waals surface area (Å²) < 4.78 is 6.40. The number of thiazole rings is 1. The van der Waals surface area contributed by atoms with Gasteiger partial charge in [-0.3, -0.25) is 14.4 Å². The quantitative estimate of drug-likeness (QED) is 0.532. The number of nitrogens with zero attached hydrogens (tertiary/aromatic N) is 2. The zero-order valence-electron chi connectivity index (χ0n) is 7.52. The average molecular weight is 212 g/mol. The molecule has 0 aromatic carbocycles. The molecule has 6 heteroatoms. The van der Waals surface area contributed by atoms with E-state index in [0.29, 0.717) is 22.4 Å². The highest BCUT2D eigenvalue weighted by Crippen LogP contribution is 1.86. The maximum Gasteiger partial charge on any atom is 0.332 e. The van der Waals surface area contributed by atoms with Gasteiger partial charge in [0.05, 0.1) is 13.7 Å². The zero-order valence-corrected chi connectivity index (χ0v) is 8.34. The van der Waals surface area contributed by atoms with Crippen LogP contribution >= 0.6 is 11.3 Å². The van der Waals surface area contributed by atoms with Gasteiger partial charge in [0.1, 0.15) is 4.53 Å². The van der Waals surface area contributed by atoms with E-state index in [-0.39, 0.29) is 5.56 Å². The first-order valence-electron chi connectivity index (χ1n) is 4.06. The fourth-order valence-corrected chi connectivity index (χ4v) is 2.22. The van der Waals surface area contributed by atoms with E-state index >= 15 is 0 Å². The predicted octanol–water partition coefficient (Wildman–Crippen LogP) is -1.50. The number of hydrogen-bond donors (Lipinski definition) is 0. The van der Waals surface area contributed by atoms with Crippen molar-refractivity contribution in [3.8, 4) is 0 Å². The van der Waals surface area contributed by atoms with Crippen molar-refractivity contribution >= 4 is 23.4 Å². The minimum absolute atomic E-state index is 0.156. The highest BCUT2D eigenvalue weighted by molar-refractivity contribution is 7.07. The van der Waals surface area contributed by atoms with Gasteiger partial charge in [-0.15, -0.1) is 0 Å². The molecule has 0 saturated heterocycles. The normalized spacial score (nSPS) is 15.1. The molecule has 5 nitrogen and oxygen atoms in total. The van der Waals surface area contributed by atoms with Gasteiger partial charge in [0.2, 0.25) is 0 Å². The number of hydrogen-bond acceptors (Lipinski definition) is 5. The summed E-state index contributed by atoms with van der Waals surface area (Å²) >= 11 is 1.22. The van der Waals surface area contributed by atoms with Crippen LogP contribution < -0.4 is 14.9 Å². The molecule has 1 aliphatic heterocycles. The lowest BCUT2D eigenvalue weighted by Gasteiger charge is -1.87. The fourth-order valence-electron chi connectivity index (χ4n) is 1.23. The predicted molar refractivity (Wildman–Crippen MR) is 50.7 cm³/mol. The van der Waals surface area contributed by atoms with Crippen molar-refractivity contribution < 1.29 is 9.53 Å². The van der Waals surface area contributed by atoms with Gasteiger partial charge in [0, 0.05) is 12.6 Å². The standard InChI is InChI=1S/C8H8N2O3S/c1-13-6(11)4-5-7(12)10-3-2-9-8(10)14-5/h4H,2-3H2,1H3/b5-4-.